The highest BCUT2D eigenvalue weighted by Crippen LogP contribution is 2.35. The zero-order valence-corrected chi connectivity index (χ0v) is 14.0. The highest BCUT2D eigenvalue weighted by atomic mass is 32.1. The van der Waals surface area contributed by atoms with E-state index in [-0.39, 0.29) is 12.1 Å². The molecule has 1 aliphatic carbocycles. The Morgan fingerprint density at radius 2 is 2.18 bits per heavy atom. The SMILES string of the molecule is CC(C)c1cnc(NC(=O)N(C)C2CCc3ccccc32)s1. The highest BCUT2D eigenvalue weighted by molar-refractivity contribution is 7.15. The lowest BCUT2D eigenvalue weighted by Gasteiger charge is -2.25. The van der Waals surface area contributed by atoms with E-state index in [1.54, 1.807) is 16.2 Å². The Kier molecular flexibility index (Phi) is 4.16. The van der Waals surface area contributed by atoms with Crippen molar-refractivity contribution in [3.05, 3.63) is 46.5 Å². The van der Waals surface area contributed by atoms with Crippen molar-refractivity contribution < 1.29 is 4.79 Å². The van der Waals surface area contributed by atoms with Gasteiger partial charge in [-0.2, -0.15) is 0 Å². The van der Waals surface area contributed by atoms with Crippen LogP contribution in [0.4, 0.5) is 9.93 Å². The Morgan fingerprint density at radius 3 is 2.91 bits per heavy atom. The molecule has 0 saturated heterocycles. The lowest BCUT2D eigenvalue weighted by Crippen LogP contribution is -2.33. The number of fused-ring (bicyclic) bond motifs is 1. The summed E-state index contributed by atoms with van der Waals surface area (Å²) in [5, 5.41) is 3.59. The first-order valence-corrected chi connectivity index (χ1v) is 8.45. The number of benzene rings is 1. The van der Waals surface area contributed by atoms with Crippen molar-refractivity contribution in [2.45, 2.75) is 38.6 Å². The number of carbonyl (C=O) groups excluding carboxylic acids is 1. The Bertz CT molecular complexity index is 680. The van der Waals surface area contributed by atoms with E-state index in [0.29, 0.717) is 11.0 Å². The van der Waals surface area contributed by atoms with Gasteiger partial charge in [0, 0.05) is 18.1 Å². The normalized spacial score (nSPS) is 16.6. The van der Waals surface area contributed by atoms with E-state index < -0.39 is 0 Å². The average Bonchev–Trinajstić information content (AvgIpc) is 3.13. The number of urea groups is 1. The monoisotopic (exact) mass is 315 g/mol. The van der Waals surface area contributed by atoms with Gasteiger partial charge in [0.2, 0.25) is 0 Å². The summed E-state index contributed by atoms with van der Waals surface area (Å²) in [6.45, 7) is 4.25. The average molecular weight is 315 g/mol. The van der Waals surface area contributed by atoms with E-state index in [4.69, 9.17) is 0 Å². The van der Waals surface area contributed by atoms with Gasteiger partial charge in [-0.25, -0.2) is 9.78 Å². The molecule has 0 bridgehead atoms. The lowest BCUT2D eigenvalue weighted by molar-refractivity contribution is 0.204. The second kappa shape index (κ2) is 6.08. The van der Waals surface area contributed by atoms with Gasteiger partial charge in [0.15, 0.2) is 5.13 Å². The third-order valence-electron chi connectivity index (χ3n) is 4.20. The van der Waals surface area contributed by atoms with Crippen LogP contribution in [0.3, 0.4) is 0 Å². The molecule has 0 aliphatic heterocycles. The minimum absolute atomic E-state index is 0.0913. The second-order valence-corrected chi connectivity index (χ2v) is 7.08. The molecule has 0 radical (unpaired) electrons. The lowest BCUT2D eigenvalue weighted by atomic mass is 10.1. The van der Waals surface area contributed by atoms with Gasteiger partial charge in [-0.3, -0.25) is 5.32 Å². The van der Waals surface area contributed by atoms with Crippen LogP contribution in [-0.4, -0.2) is 23.0 Å². The quantitative estimate of drug-likeness (QED) is 0.911. The van der Waals surface area contributed by atoms with E-state index in [0.717, 1.165) is 12.8 Å². The first-order chi connectivity index (χ1) is 10.6. The zero-order chi connectivity index (χ0) is 15.7. The number of aromatic nitrogens is 1. The van der Waals surface area contributed by atoms with Gasteiger partial charge in [0.05, 0.1) is 6.04 Å². The predicted molar refractivity (Wildman–Crippen MR) is 90.5 cm³/mol. The van der Waals surface area contributed by atoms with Crippen molar-refractivity contribution in [2.24, 2.45) is 0 Å². The molecule has 1 heterocycles. The van der Waals surface area contributed by atoms with Gasteiger partial charge >= 0.3 is 6.03 Å². The molecule has 1 N–H and O–H groups in total. The van der Waals surface area contributed by atoms with Crippen LogP contribution in [0.1, 0.15) is 48.2 Å². The number of amides is 2. The smallest absolute Gasteiger partial charge is 0.320 e. The Hall–Kier alpha value is -1.88. The summed E-state index contributed by atoms with van der Waals surface area (Å²) >= 11 is 1.55. The van der Waals surface area contributed by atoms with Crippen LogP contribution < -0.4 is 5.32 Å². The van der Waals surface area contributed by atoms with Gasteiger partial charge in [-0.05, 0) is 29.9 Å². The minimum Gasteiger partial charge on any atom is -0.320 e. The molecule has 116 valence electrons. The topological polar surface area (TPSA) is 45.2 Å². The zero-order valence-electron chi connectivity index (χ0n) is 13.2. The third kappa shape index (κ3) is 2.86. The number of nitrogens with zero attached hydrogens (tertiary/aromatic N) is 2. The van der Waals surface area contributed by atoms with Gasteiger partial charge in [-0.15, -0.1) is 11.3 Å². The highest BCUT2D eigenvalue weighted by Gasteiger charge is 2.28. The molecule has 1 aromatic carbocycles. The third-order valence-corrected chi connectivity index (χ3v) is 5.41. The Balaban J connectivity index is 1.70. The molecular weight excluding hydrogens is 294 g/mol. The van der Waals surface area contributed by atoms with Gasteiger partial charge in [-0.1, -0.05) is 38.1 Å². The summed E-state index contributed by atoms with van der Waals surface area (Å²) in [6.07, 6.45) is 3.86. The van der Waals surface area contributed by atoms with Crippen molar-refractivity contribution in [2.75, 3.05) is 12.4 Å². The molecule has 1 aliphatic rings. The second-order valence-electron chi connectivity index (χ2n) is 6.02. The number of hydrogen-bond donors (Lipinski definition) is 1. The summed E-state index contributed by atoms with van der Waals surface area (Å²) in [5.41, 5.74) is 2.62. The van der Waals surface area contributed by atoms with Crippen LogP contribution in [0.15, 0.2) is 30.5 Å². The summed E-state index contributed by atoms with van der Waals surface area (Å²) in [7, 11) is 1.86. The molecule has 4 nitrogen and oxygen atoms in total. The number of carbonyl (C=O) groups is 1. The molecule has 2 aromatic rings. The maximum atomic E-state index is 12.5. The largest absolute Gasteiger partial charge is 0.323 e. The van der Waals surface area contributed by atoms with Crippen LogP contribution >= 0.6 is 11.3 Å². The fourth-order valence-corrected chi connectivity index (χ4v) is 3.68. The molecule has 0 spiro atoms. The summed E-state index contributed by atoms with van der Waals surface area (Å²) in [5.74, 6) is 0.433. The molecule has 3 rings (SSSR count). The maximum Gasteiger partial charge on any atom is 0.323 e. The predicted octanol–water partition coefficient (Wildman–Crippen LogP) is 4.42. The molecule has 1 aromatic heterocycles. The van der Waals surface area contributed by atoms with E-state index in [9.17, 15) is 4.79 Å². The van der Waals surface area contributed by atoms with E-state index in [2.05, 4.69) is 42.3 Å². The molecule has 0 fully saturated rings. The minimum atomic E-state index is -0.0913. The number of thiazole rings is 1. The Labute approximate surface area is 135 Å². The van der Waals surface area contributed by atoms with Gasteiger partial charge in [0.25, 0.3) is 0 Å². The first-order valence-electron chi connectivity index (χ1n) is 7.63. The van der Waals surface area contributed by atoms with Crippen molar-refractivity contribution in [1.82, 2.24) is 9.88 Å². The van der Waals surface area contributed by atoms with Crippen LogP contribution in [0.2, 0.25) is 0 Å². The fraction of sp³-hybridized carbons (Fsp3) is 0.412. The molecule has 1 atom stereocenters. The van der Waals surface area contributed by atoms with Crippen LogP contribution in [0, 0.1) is 0 Å². The fourth-order valence-electron chi connectivity index (χ4n) is 2.87. The number of nitrogens with one attached hydrogen (secondary N) is 1. The van der Waals surface area contributed by atoms with Crippen molar-refractivity contribution in [3.63, 3.8) is 0 Å². The number of hydrogen-bond acceptors (Lipinski definition) is 3. The first kappa shape index (κ1) is 15.0. The van der Waals surface area contributed by atoms with Crippen molar-refractivity contribution >= 4 is 22.5 Å². The van der Waals surface area contributed by atoms with Gasteiger partial charge < -0.3 is 4.90 Å². The molecule has 0 saturated carbocycles. The van der Waals surface area contributed by atoms with Crippen LogP contribution in [0.5, 0.6) is 0 Å². The van der Waals surface area contributed by atoms with Crippen LogP contribution in [0.25, 0.3) is 0 Å². The molecule has 2 amide bonds. The number of aryl methyl sites for hydroxylation is 1. The number of anilines is 1. The van der Waals surface area contributed by atoms with Crippen LogP contribution in [-0.2, 0) is 6.42 Å². The molecule has 5 heteroatoms. The van der Waals surface area contributed by atoms with Crippen molar-refractivity contribution in [3.8, 4) is 0 Å². The number of rotatable bonds is 3. The summed E-state index contributed by atoms with van der Waals surface area (Å²) < 4.78 is 0. The van der Waals surface area contributed by atoms with E-state index in [1.807, 2.05) is 19.3 Å². The summed E-state index contributed by atoms with van der Waals surface area (Å²) in [4.78, 5) is 19.7. The van der Waals surface area contributed by atoms with Crippen molar-refractivity contribution in [1.29, 1.82) is 0 Å². The van der Waals surface area contributed by atoms with E-state index >= 15 is 0 Å². The summed E-state index contributed by atoms with van der Waals surface area (Å²) in [6, 6.07) is 8.43. The Morgan fingerprint density at radius 1 is 1.41 bits per heavy atom. The van der Waals surface area contributed by atoms with Gasteiger partial charge in [0.1, 0.15) is 0 Å². The van der Waals surface area contributed by atoms with E-state index in [1.165, 1.54) is 16.0 Å². The molecule has 1 unspecified atom stereocenters. The maximum absolute atomic E-state index is 12.5. The standard InChI is InChI=1S/C17H21N3OS/c1-11(2)15-10-18-16(22-15)19-17(21)20(3)14-9-8-12-6-4-5-7-13(12)14/h4-7,10-11,14H,8-9H2,1-3H3,(H,18,19,21). The molecule has 22 heavy (non-hydrogen) atoms. The molecular formula is C17H21N3OS.